The van der Waals surface area contributed by atoms with Gasteiger partial charge in [0, 0.05) is 0 Å². The van der Waals surface area contributed by atoms with Crippen molar-refractivity contribution in [2.75, 3.05) is 6.61 Å². The van der Waals surface area contributed by atoms with Gasteiger partial charge >= 0.3 is 5.97 Å². The van der Waals surface area contributed by atoms with Gasteiger partial charge in [0.25, 0.3) is 0 Å². The highest BCUT2D eigenvalue weighted by Gasteiger charge is 2.07. The number of carbonyl (C=O) groups is 1. The largest absolute Gasteiger partial charge is 0.460 e. The summed E-state index contributed by atoms with van der Waals surface area (Å²) in [6, 6.07) is 0. The minimum absolute atomic E-state index is 0.242. The third-order valence-corrected chi connectivity index (χ3v) is 1.06. The molecule has 0 radical (unpaired) electrons. The van der Waals surface area contributed by atoms with Crippen molar-refractivity contribution in [3.63, 3.8) is 0 Å². The van der Waals surface area contributed by atoms with Crippen molar-refractivity contribution >= 4 is 5.97 Å². The minimum Gasteiger partial charge on any atom is -0.460 e. The van der Waals surface area contributed by atoms with Crippen molar-refractivity contribution in [1.29, 1.82) is 0 Å². The van der Waals surface area contributed by atoms with E-state index < -0.39 is 12.1 Å². The van der Waals surface area contributed by atoms with Crippen molar-refractivity contribution in [2.45, 2.75) is 26.9 Å². The number of carbonyl (C=O) groups excluding carboxylic acids is 1. The molecular weight excluding hydrogens is 144 g/mol. The van der Waals surface area contributed by atoms with Crippen molar-refractivity contribution in [1.82, 2.24) is 0 Å². The van der Waals surface area contributed by atoms with Crippen molar-refractivity contribution in [3.05, 3.63) is 11.6 Å². The number of aliphatic hydroxyl groups excluding tert-OH is 1. The highest BCUT2D eigenvalue weighted by molar-refractivity contribution is 5.73. The highest BCUT2D eigenvalue weighted by Crippen LogP contribution is 1.91. The first-order valence-corrected chi connectivity index (χ1v) is 3.52. The van der Waals surface area contributed by atoms with E-state index in [9.17, 15) is 4.79 Å². The Morgan fingerprint density at radius 2 is 2.18 bits per heavy atom. The number of ether oxygens (including phenoxy) is 1. The molecule has 0 bridgehead atoms. The first-order valence-electron chi connectivity index (χ1n) is 3.52. The molecule has 0 spiro atoms. The third-order valence-electron chi connectivity index (χ3n) is 1.06. The van der Waals surface area contributed by atoms with Gasteiger partial charge in [-0.2, -0.15) is 0 Å². The van der Waals surface area contributed by atoms with Crippen LogP contribution in [0.2, 0.25) is 0 Å². The fourth-order valence-corrected chi connectivity index (χ4v) is 0.411. The lowest BCUT2D eigenvalue weighted by atomic mass is 10.3. The van der Waals surface area contributed by atoms with Crippen molar-refractivity contribution in [2.24, 2.45) is 0 Å². The fraction of sp³-hybridized carbons (Fsp3) is 0.625. The normalized spacial score (nSPS) is 12.0. The molecule has 0 amide bonds. The highest BCUT2D eigenvalue weighted by atomic mass is 16.5. The summed E-state index contributed by atoms with van der Waals surface area (Å²) in [6.07, 6.45) is 0.751. The number of allylic oxidation sites excluding steroid dienone is 1. The summed E-state index contributed by atoms with van der Waals surface area (Å²) >= 11 is 0. The van der Waals surface area contributed by atoms with Crippen molar-refractivity contribution in [3.8, 4) is 0 Å². The smallest absolute Gasteiger partial charge is 0.334 e. The van der Waals surface area contributed by atoms with Gasteiger partial charge in [0.2, 0.25) is 0 Å². The molecule has 1 N–H and O–H groups in total. The molecule has 3 nitrogen and oxygen atoms in total. The van der Waals surface area contributed by atoms with Crippen LogP contribution < -0.4 is 0 Å². The molecule has 0 aliphatic carbocycles. The van der Waals surface area contributed by atoms with Crippen LogP contribution in [0.4, 0.5) is 0 Å². The average molecular weight is 158 g/mol. The van der Waals surface area contributed by atoms with E-state index in [-0.39, 0.29) is 6.61 Å². The number of hydrogen-bond acceptors (Lipinski definition) is 3. The van der Waals surface area contributed by atoms with E-state index in [0.29, 0.717) is 0 Å². The number of aliphatic hydroxyl groups is 1. The lowest BCUT2D eigenvalue weighted by Crippen LogP contribution is -2.19. The Morgan fingerprint density at radius 3 is 2.55 bits per heavy atom. The van der Waals surface area contributed by atoms with Crippen molar-refractivity contribution < 1.29 is 14.6 Å². The van der Waals surface area contributed by atoms with Crippen LogP contribution in [0, 0.1) is 0 Å². The molecule has 0 aromatic rings. The van der Waals surface area contributed by atoms with Gasteiger partial charge in [0.15, 0.2) is 0 Å². The first kappa shape index (κ1) is 10.2. The monoisotopic (exact) mass is 158 g/mol. The first-order chi connectivity index (χ1) is 5.04. The predicted octanol–water partition coefficient (Wildman–Crippen LogP) is 0.877. The number of rotatable bonds is 3. The zero-order valence-electron chi connectivity index (χ0n) is 7.13. The molecule has 0 fully saturated rings. The Kier molecular flexibility index (Phi) is 4.54. The predicted molar refractivity (Wildman–Crippen MR) is 42.1 cm³/mol. The van der Waals surface area contributed by atoms with E-state index in [0.717, 1.165) is 5.57 Å². The van der Waals surface area contributed by atoms with Crippen LogP contribution in [-0.4, -0.2) is 23.8 Å². The van der Waals surface area contributed by atoms with Gasteiger partial charge in [-0.15, -0.1) is 0 Å². The number of esters is 1. The lowest BCUT2D eigenvalue weighted by Gasteiger charge is -2.03. The molecule has 0 saturated carbocycles. The molecule has 0 unspecified atom stereocenters. The van der Waals surface area contributed by atoms with Gasteiger partial charge in [0.1, 0.15) is 12.7 Å². The maximum absolute atomic E-state index is 10.6. The standard InChI is InChI=1S/C8H14O3/c1-6(2)4-5-11-8(10)7(3)9/h4,7,9H,5H2,1-3H3/t7-/m0/s1. The Bertz CT molecular complexity index is 155. The SMILES string of the molecule is CC(C)=CCOC(=O)[C@H](C)O. The fourth-order valence-electron chi connectivity index (χ4n) is 0.411. The number of hydrogen-bond donors (Lipinski definition) is 1. The second-order valence-corrected chi connectivity index (χ2v) is 2.59. The molecule has 0 aromatic carbocycles. The molecule has 11 heavy (non-hydrogen) atoms. The van der Waals surface area contributed by atoms with Gasteiger partial charge in [-0.1, -0.05) is 5.57 Å². The van der Waals surface area contributed by atoms with Crippen LogP contribution in [0.25, 0.3) is 0 Å². The molecule has 0 heterocycles. The minimum atomic E-state index is -1.03. The van der Waals surface area contributed by atoms with Crippen LogP contribution in [-0.2, 0) is 9.53 Å². The summed E-state index contributed by atoms with van der Waals surface area (Å²) in [5.74, 6) is -0.581. The van der Waals surface area contributed by atoms with E-state index in [2.05, 4.69) is 4.74 Å². The summed E-state index contributed by atoms with van der Waals surface area (Å²) in [7, 11) is 0. The summed E-state index contributed by atoms with van der Waals surface area (Å²) < 4.78 is 4.65. The Hall–Kier alpha value is -0.830. The molecule has 0 rings (SSSR count). The van der Waals surface area contributed by atoms with E-state index in [1.165, 1.54) is 6.92 Å². The Balaban J connectivity index is 3.56. The molecule has 0 saturated heterocycles. The zero-order chi connectivity index (χ0) is 8.85. The summed E-state index contributed by atoms with van der Waals surface area (Å²) in [6.45, 7) is 5.45. The van der Waals surface area contributed by atoms with E-state index in [1.807, 2.05) is 13.8 Å². The van der Waals surface area contributed by atoms with Gasteiger partial charge in [0.05, 0.1) is 0 Å². The molecule has 3 heteroatoms. The van der Waals surface area contributed by atoms with Crippen LogP contribution >= 0.6 is 0 Å². The molecule has 0 aliphatic heterocycles. The molecule has 0 aliphatic rings. The van der Waals surface area contributed by atoms with Gasteiger partial charge < -0.3 is 9.84 Å². The van der Waals surface area contributed by atoms with Gasteiger partial charge in [-0.05, 0) is 26.8 Å². The summed E-state index contributed by atoms with van der Waals surface area (Å²) in [5, 5.41) is 8.69. The topological polar surface area (TPSA) is 46.5 Å². The third kappa shape index (κ3) is 5.61. The quantitative estimate of drug-likeness (QED) is 0.490. The second-order valence-electron chi connectivity index (χ2n) is 2.59. The molecular formula is C8H14O3. The summed E-state index contributed by atoms with van der Waals surface area (Å²) in [5.41, 5.74) is 1.09. The second kappa shape index (κ2) is 4.91. The van der Waals surface area contributed by atoms with E-state index in [1.54, 1.807) is 6.08 Å². The molecule has 64 valence electrons. The Morgan fingerprint density at radius 1 is 1.64 bits per heavy atom. The maximum Gasteiger partial charge on any atom is 0.334 e. The van der Waals surface area contributed by atoms with E-state index >= 15 is 0 Å². The van der Waals surface area contributed by atoms with Gasteiger partial charge in [-0.25, -0.2) is 4.79 Å². The van der Waals surface area contributed by atoms with Crippen LogP contribution in [0.5, 0.6) is 0 Å². The van der Waals surface area contributed by atoms with Crippen LogP contribution in [0.1, 0.15) is 20.8 Å². The van der Waals surface area contributed by atoms with Crippen LogP contribution in [0.15, 0.2) is 11.6 Å². The molecule has 1 atom stereocenters. The van der Waals surface area contributed by atoms with Gasteiger partial charge in [-0.3, -0.25) is 0 Å². The van der Waals surface area contributed by atoms with Crippen LogP contribution in [0.3, 0.4) is 0 Å². The maximum atomic E-state index is 10.6. The van der Waals surface area contributed by atoms with E-state index in [4.69, 9.17) is 5.11 Å². The molecule has 0 aromatic heterocycles. The lowest BCUT2D eigenvalue weighted by molar-refractivity contribution is -0.151. The Labute approximate surface area is 66.7 Å². The average Bonchev–Trinajstić information content (AvgIpc) is 1.86. The summed E-state index contributed by atoms with van der Waals surface area (Å²) in [4.78, 5) is 10.6. The zero-order valence-corrected chi connectivity index (χ0v) is 7.13.